The average molecular weight is 314 g/mol. The van der Waals surface area contributed by atoms with Crippen molar-refractivity contribution in [3.05, 3.63) is 47.7 Å². The van der Waals surface area contributed by atoms with Crippen LogP contribution in [-0.4, -0.2) is 17.6 Å². The number of aromatic nitrogens is 1. The van der Waals surface area contributed by atoms with Gasteiger partial charge < -0.3 is 15.4 Å². The van der Waals surface area contributed by atoms with E-state index < -0.39 is 12.6 Å². The number of carbonyl (C=O) groups excluding carboxylic acids is 1. The number of rotatable bonds is 4. The number of anilines is 2. The third-order valence-corrected chi connectivity index (χ3v) is 2.55. The van der Waals surface area contributed by atoms with Crippen LogP contribution in [-0.2, 0) is 0 Å². The molecule has 0 saturated heterocycles. The number of halogens is 3. The molecule has 0 saturated carbocycles. The van der Waals surface area contributed by atoms with E-state index in [1.165, 1.54) is 36.5 Å². The van der Waals surface area contributed by atoms with Crippen LogP contribution in [0.1, 0.15) is 0 Å². The minimum Gasteiger partial charge on any atom is -0.435 e. The second-order valence-corrected chi connectivity index (χ2v) is 4.24. The largest absolute Gasteiger partial charge is 0.435 e. The zero-order valence-corrected chi connectivity index (χ0v) is 11.3. The fourth-order valence-electron chi connectivity index (χ4n) is 1.46. The van der Waals surface area contributed by atoms with Gasteiger partial charge in [-0.1, -0.05) is 11.6 Å². The van der Waals surface area contributed by atoms with Crippen molar-refractivity contribution in [1.82, 2.24) is 4.98 Å². The number of hydrogen-bond acceptors (Lipinski definition) is 3. The summed E-state index contributed by atoms with van der Waals surface area (Å²) in [7, 11) is 0. The van der Waals surface area contributed by atoms with Crippen LogP contribution < -0.4 is 15.4 Å². The number of carbonyl (C=O) groups is 1. The lowest BCUT2D eigenvalue weighted by molar-refractivity contribution is -0.0498. The molecule has 0 unspecified atom stereocenters. The second-order valence-electron chi connectivity index (χ2n) is 3.85. The predicted octanol–water partition coefficient (Wildman–Crippen LogP) is 3.98. The van der Waals surface area contributed by atoms with Gasteiger partial charge in [-0.25, -0.2) is 9.78 Å². The zero-order chi connectivity index (χ0) is 15.2. The highest BCUT2D eigenvalue weighted by Crippen LogP contribution is 2.18. The number of benzene rings is 1. The number of hydrogen-bond donors (Lipinski definition) is 2. The van der Waals surface area contributed by atoms with Crippen molar-refractivity contribution in [3.8, 4) is 5.75 Å². The first kappa shape index (κ1) is 15.0. The SMILES string of the molecule is O=C(Nc1ccc(OC(F)F)cc1)Nc1ccc(Cl)nc1. The van der Waals surface area contributed by atoms with Crippen molar-refractivity contribution in [3.63, 3.8) is 0 Å². The molecular formula is C13H10ClF2N3O2. The van der Waals surface area contributed by atoms with Gasteiger partial charge in [0.05, 0.1) is 11.9 Å². The molecule has 2 rings (SSSR count). The highest BCUT2D eigenvalue weighted by molar-refractivity contribution is 6.29. The van der Waals surface area contributed by atoms with Crippen LogP contribution in [0.4, 0.5) is 25.0 Å². The molecule has 8 heteroatoms. The zero-order valence-electron chi connectivity index (χ0n) is 10.5. The number of ether oxygens (including phenoxy) is 1. The van der Waals surface area contributed by atoms with E-state index in [0.717, 1.165) is 0 Å². The Kier molecular flexibility index (Phi) is 4.89. The normalized spacial score (nSPS) is 10.3. The van der Waals surface area contributed by atoms with Gasteiger partial charge in [0.15, 0.2) is 0 Å². The van der Waals surface area contributed by atoms with Crippen LogP contribution in [0.15, 0.2) is 42.6 Å². The number of urea groups is 1. The van der Waals surface area contributed by atoms with Crippen LogP contribution >= 0.6 is 11.6 Å². The van der Waals surface area contributed by atoms with Gasteiger partial charge in [-0.2, -0.15) is 8.78 Å². The van der Waals surface area contributed by atoms with Crippen molar-refractivity contribution in [1.29, 1.82) is 0 Å². The molecule has 0 aliphatic carbocycles. The lowest BCUT2D eigenvalue weighted by Crippen LogP contribution is -2.19. The molecule has 0 fully saturated rings. The molecule has 0 atom stereocenters. The molecule has 1 heterocycles. The van der Waals surface area contributed by atoms with E-state index in [1.54, 1.807) is 6.07 Å². The molecule has 1 aromatic heterocycles. The minimum absolute atomic E-state index is 0.0119. The summed E-state index contributed by atoms with van der Waals surface area (Å²) in [6, 6.07) is 8.16. The summed E-state index contributed by atoms with van der Waals surface area (Å²) < 4.78 is 28.2. The highest BCUT2D eigenvalue weighted by Gasteiger charge is 2.06. The Bertz CT molecular complexity index is 606. The molecule has 0 spiro atoms. The van der Waals surface area contributed by atoms with E-state index in [1.807, 2.05) is 0 Å². The summed E-state index contributed by atoms with van der Waals surface area (Å²) in [4.78, 5) is 15.5. The molecule has 2 aromatic rings. The van der Waals surface area contributed by atoms with Crippen molar-refractivity contribution in [2.24, 2.45) is 0 Å². The Morgan fingerprint density at radius 2 is 1.71 bits per heavy atom. The van der Waals surface area contributed by atoms with Gasteiger partial charge in [0.1, 0.15) is 10.9 Å². The maximum absolute atomic E-state index is 12.0. The molecule has 1 aromatic carbocycles. The monoisotopic (exact) mass is 313 g/mol. The third-order valence-electron chi connectivity index (χ3n) is 2.32. The maximum atomic E-state index is 12.0. The predicted molar refractivity (Wildman–Crippen MR) is 75.0 cm³/mol. The third kappa shape index (κ3) is 4.88. The van der Waals surface area contributed by atoms with Crippen molar-refractivity contribution >= 4 is 29.0 Å². The van der Waals surface area contributed by atoms with E-state index in [4.69, 9.17) is 11.6 Å². The van der Waals surface area contributed by atoms with Gasteiger partial charge in [0, 0.05) is 5.69 Å². The molecular weight excluding hydrogens is 304 g/mol. The number of alkyl halides is 2. The van der Waals surface area contributed by atoms with Crippen LogP contribution in [0.5, 0.6) is 5.75 Å². The summed E-state index contributed by atoms with van der Waals surface area (Å²) >= 11 is 5.62. The van der Waals surface area contributed by atoms with Gasteiger partial charge in [-0.05, 0) is 36.4 Å². The maximum Gasteiger partial charge on any atom is 0.387 e. The molecule has 0 radical (unpaired) electrons. The van der Waals surface area contributed by atoms with Crippen molar-refractivity contribution in [2.45, 2.75) is 6.61 Å². The van der Waals surface area contributed by atoms with Crippen LogP contribution in [0, 0.1) is 0 Å². The molecule has 5 nitrogen and oxygen atoms in total. The second kappa shape index (κ2) is 6.85. The van der Waals surface area contributed by atoms with E-state index >= 15 is 0 Å². The molecule has 21 heavy (non-hydrogen) atoms. The Labute approximate surface area is 123 Å². The Balaban J connectivity index is 1.91. The number of pyridine rings is 1. The number of amides is 2. The standard InChI is InChI=1S/C13H10ClF2N3O2/c14-11-6-3-9(7-17-11)19-13(20)18-8-1-4-10(5-2-8)21-12(15)16/h1-7,12H,(H2,18,19,20). The van der Waals surface area contributed by atoms with Gasteiger partial charge in [-0.3, -0.25) is 0 Å². The highest BCUT2D eigenvalue weighted by atomic mass is 35.5. The van der Waals surface area contributed by atoms with Gasteiger partial charge in [0.25, 0.3) is 0 Å². The first-order valence-electron chi connectivity index (χ1n) is 5.77. The minimum atomic E-state index is -2.88. The van der Waals surface area contributed by atoms with E-state index in [2.05, 4.69) is 20.4 Å². The topological polar surface area (TPSA) is 63.2 Å². The number of nitrogens with zero attached hydrogens (tertiary/aromatic N) is 1. The fourth-order valence-corrected chi connectivity index (χ4v) is 1.57. The van der Waals surface area contributed by atoms with Gasteiger partial charge in [0.2, 0.25) is 0 Å². The first-order valence-corrected chi connectivity index (χ1v) is 6.15. The van der Waals surface area contributed by atoms with E-state index in [0.29, 0.717) is 16.5 Å². The lowest BCUT2D eigenvalue weighted by Gasteiger charge is -2.08. The Morgan fingerprint density at radius 1 is 1.10 bits per heavy atom. The average Bonchev–Trinajstić information content (AvgIpc) is 2.43. The molecule has 0 aliphatic rings. The molecule has 2 N–H and O–H groups in total. The molecule has 0 bridgehead atoms. The molecule has 2 amide bonds. The Morgan fingerprint density at radius 3 is 2.29 bits per heavy atom. The van der Waals surface area contributed by atoms with E-state index in [-0.39, 0.29) is 5.75 Å². The van der Waals surface area contributed by atoms with Crippen molar-refractivity contribution in [2.75, 3.05) is 10.6 Å². The summed E-state index contributed by atoms with van der Waals surface area (Å²) in [5.41, 5.74) is 0.894. The van der Waals surface area contributed by atoms with Gasteiger partial charge in [-0.15, -0.1) is 0 Å². The summed E-state index contributed by atoms with van der Waals surface area (Å²) in [6.07, 6.45) is 1.40. The Hall–Kier alpha value is -2.41. The van der Waals surface area contributed by atoms with Crippen LogP contribution in [0.2, 0.25) is 5.15 Å². The molecule has 110 valence electrons. The summed E-state index contributed by atoms with van der Waals surface area (Å²) in [5.74, 6) is 0.0119. The summed E-state index contributed by atoms with van der Waals surface area (Å²) in [6.45, 7) is -2.88. The number of nitrogens with one attached hydrogen (secondary N) is 2. The van der Waals surface area contributed by atoms with E-state index in [9.17, 15) is 13.6 Å². The fraction of sp³-hybridized carbons (Fsp3) is 0.0769. The first-order chi connectivity index (χ1) is 10.0. The van der Waals surface area contributed by atoms with Crippen LogP contribution in [0.25, 0.3) is 0 Å². The smallest absolute Gasteiger partial charge is 0.387 e. The molecule has 0 aliphatic heterocycles. The van der Waals surface area contributed by atoms with Crippen molar-refractivity contribution < 1.29 is 18.3 Å². The quantitative estimate of drug-likeness (QED) is 0.839. The lowest BCUT2D eigenvalue weighted by atomic mass is 10.3. The van der Waals surface area contributed by atoms with Crippen LogP contribution in [0.3, 0.4) is 0 Å². The van der Waals surface area contributed by atoms with Gasteiger partial charge >= 0.3 is 12.6 Å². The summed E-state index contributed by atoms with van der Waals surface area (Å²) in [5, 5.41) is 5.39.